The highest BCUT2D eigenvalue weighted by molar-refractivity contribution is 6.10. The Balaban J connectivity index is 1.47. The van der Waals surface area contributed by atoms with Crippen molar-refractivity contribution >= 4 is 35.4 Å². The van der Waals surface area contributed by atoms with E-state index in [1.165, 1.54) is 6.20 Å². The van der Waals surface area contributed by atoms with Gasteiger partial charge in [-0.25, -0.2) is 18.7 Å². The molecule has 178 valence electrons. The molecule has 2 N–H and O–H groups in total. The average Bonchev–Trinajstić information content (AvgIpc) is 3.16. The number of carbonyl (C=O) groups is 2. The molecule has 1 fully saturated rings. The van der Waals surface area contributed by atoms with Crippen molar-refractivity contribution in [3.05, 3.63) is 66.0 Å². The van der Waals surface area contributed by atoms with Gasteiger partial charge in [0.05, 0.1) is 11.9 Å². The van der Waals surface area contributed by atoms with Gasteiger partial charge < -0.3 is 5.32 Å². The molecule has 5 rings (SSSR count). The van der Waals surface area contributed by atoms with E-state index in [2.05, 4.69) is 25.5 Å². The minimum atomic E-state index is -0.997. The zero-order valence-corrected chi connectivity index (χ0v) is 18.9. The summed E-state index contributed by atoms with van der Waals surface area (Å²) in [5.41, 5.74) is -0.0528. The number of hydrogen-bond donors (Lipinski definition) is 2. The highest BCUT2D eigenvalue weighted by Gasteiger charge is 2.62. The van der Waals surface area contributed by atoms with E-state index in [-0.39, 0.29) is 11.6 Å². The van der Waals surface area contributed by atoms with Gasteiger partial charge in [-0.1, -0.05) is 12.2 Å². The molecule has 0 bridgehead atoms. The van der Waals surface area contributed by atoms with E-state index in [1.54, 1.807) is 55.2 Å². The van der Waals surface area contributed by atoms with Crippen LogP contribution in [0, 0.1) is 11.6 Å². The lowest BCUT2D eigenvalue weighted by Crippen LogP contribution is -2.31. The lowest BCUT2D eigenvalue weighted by Gasteiger charge is -2.18. The van der Waals surface area contributed by atoms with E-state index in [0.717, 1.165) is 17.0 Å². The van der Waals surface area contributed by atoms with Crippen molar-refractivity contribution in [1.82, 2.24) is 19.7 Å². The summed E-state index contributed by atoms with van der Waals surface area (Å²) in [5, 5.41) is 9.34. The molecule has 2 aliphatic rings. The molecule has 0 radical (unpaired) electrons. The number of anilines is 3. The Labute approximate surface area is 198 Å². The summed E-state index contributed by atoms with van der Waals surface area (Å²) >= 11 is 0. The first kappa shape index (κ1) is 22.4. The van der Waals surface area contributed by atoms with Crippen molar-refractivity contribution in [2.75, 3.05) is 17.3 Å². The van der Waals surface area contributed by atoms with Crippen LogP contribution in [0.15, 0.2) is 59.4 Å². The Morgan fingerprint density at radius 1 is 1.26 bits per heavy atom. The van der Waals surface area contributed by atoms with Gasteiger partial charge in [0.2, 0.25) is 5.95 Å². The maximum Gasteiger partial charge on any atom is 0.260 e. The summed E-state index contributed by atoms with van der Waals surface area (Å²) in [4.78, 5) is 34.8. The number of fused-ring (bicyclic) bond motifs is 2. The first-order valence-corrected chi connectivity index (χ1v) is 10.9. The minimum absolute atomic E-state index is 0.0751. The molecular formula is C24H21F2N7O2. The number of rotatable bonds is 6. The van der Waals surface area contributed by atoms with Crippen LogP contribution in [0.25, 0.3) is 11.4 Å². The molecule has 2 amide bonds. The van der Waals surface area contributed by atoms with Gasteiger partial charge in [0.25, 0.3) is 11.8 Å². The predicted octanol–water partition coefficient (Wildman–Crippen LogP) is 3.86. The Morgan fingerprint density at radius 3 is 2.63 bits per heavy atom. The maximum absolute atomic E-state index is 15.2. The molecule has 1 aliphatic heterocycles. The Hall–Kier alpha value is -4.41. The van der Waals surface area contributed by atoms with Crippen LogP contribution >= 0.6 is 0 Å². The van der Waals surface area contributed by atoms with Crippen LogP contribution in [-0.4, -0.2) is 44.8 Å². The van der Waals surface area contributed by atoms with E-state index >= 15 is 8.78 Å². The molecule has 1 aliphatic carbocycles. The van der Waals surface area contributed by atoms with Crippen LogP contribution < -0.4 is 10.2 Å². The second-order valence-corrected chi connectivity index (χ2v) is 8.29. The van der Waals surface area contributed by atoms with E-state index in [9.17, 15) is 9.59 Å². The summed E-state index contributed by atoms with van der Waals surface area (Å²) in [5.74, 6) is -2.84. The average molecular weight is 477 g/mol. The quantitative estimate of drug-likeness (QED) is 0.319. The fourth-order valence-corrected chi connectivity index (χ4v) is 4.15. The van der Waals surface area contributed by atoms with Crippen molar-refractivity contribution in [1.29, 1.82) is 0 Å². The van der Waals surface area contributed by atoms with E-state index in [0.29, 0.717) is 29.8 Å². The fraction of sp³-hybridized carbons (Fsp3) is 0.208. The Kier molecular flexibility index (Phi) is 5.39. The number of nitrogens with one attached hydrogen (secondary N) is 2. The second kappa shape index (κ2) is 8.42. The topological polar surface area (TPSA) is 108 Å². The van der Waals surface area contributed by atoms with Gasteiger partial charge in [-0.05, 0) is 44.0 Å². The summed E-state index contributed by atoms with van der Waals surface area (Å²) in [6, 6.07) is 3.70. The Morgan fingerprint density at radius 2 is 2.00 bits per heavy atom. The predicted molar refractivity (Wildman–Crippen MR) is 126 cm³/mol. The van der Waals surface area contributed by atoms with Crippen LogP contribution in [-0.2, 0) is 15.1 Å². The van der Waals surface area contributed by atoms with Crippen LogP contribution in [0.1, 0.15) is 19.8 Å². The number of halogens is 2. The van der Waals surface area contributed by atoms with Crippen LogP contribution in [0.2, 0.25) is 0 Å². The number of aliphatic imine (C=N–C) groups is 1. The van der Waals surface area contributed by atoms with Gasteiger partial charge in [-0.3, -0.25) is 24.2 Å². The van der Waals surface area contributed by atoms with Crippen LogP contribution in [0.4, 0.5) is 26.1 Å². The summed E-state index contributed by atoms with van der Waals surface area (Å²) in [7, 11) is 1.62. The molecule has 35 heavy (non-hydrogen) atoms. The monoisotopic (exact) mass is 477 g/mol. The number of allylic oxidation sites excluding steroid dienone is 3. The first-order valence-electron chi connectivity index (χ1n) is 10.9. The number of hydrogen-bond acceptors (Lipinski definition) is 5. The fourth-order valence-electron chi connectivity index (χ4n) is 4.15. The van der Waals surface area contributed by atoms with Crippen molar-refractivity contribution in [3.63, 3.8) is 0 Å². The smallest absolute Gasteiger partial charge is 0.260 e. The van der Waals surface area contributed by atoms with E-state index in [1.807, 2.05) is 0 Å². The number of carbonyl (C=O) groups excluding carboxylic acids is 2. The second-order valence-electron chi connectivity index (χ2n) is 8.29. The van der Waals surface area contributed by atoms with Gasteiger partial charge in [-0.2, -0.15) is 5.10 Å². The number of aromatic nitrogens is 4. The molecule has 3 heterocycles. The summed E-state index contributed by atoms with van der Waals surface area (Å²) < 4.78 is 32.2. The van der Waals surface area contributed by atoms with Crippen molar-refractivity contribution in [2.45, 2.75) is 25.3 Å². The Bertz CT molecular complexity index is 1390. The number of benzene rings is 1. The van der Waals surface area contributed by atoms with Gasteiger partial charge in [0.15, 0.2) is 11.6 Å². The van der Waals surface area contributed by atoms with Crippen molar-refractivity contribution < 1.29 is 18.4 Å². The SMILES string of the molecule is C\N=C/C=C\C=C(/C)C(=O)Nc1cc(F)c(N2C(=O)C3(CC3)n3c(-c4cc[nH]n4)cnc32)c(F)c1. The number of imidazole rings is 1. The minimum Gasteiger partial charge on any atom is -0.322 e. The van der Waals surface area contributed by atoms with E-state index in [4.69, 9.17) is 0 Å². The standard InChI is InChI=1S/C24H21F2N7O2/c1-14(5-3-4-9-27-2)21(34)30-15-11-16(25)20(17(26)12-15)32-22(35)24(7-8-24)33-19(13-28-23(32)33)18-6-10-29-31-18/h3-6,9-13H,7-8H2,1-2H3,(H,29,31)(H,30,34)/b4-3-,14-5+,27-9-. The summed E-state index contributed by atoms with van der Waals surface area (Å²) in [6.45, 7) is 1.57. The highest BCUT2D eigenvalue weighted by atomic mass is 19.1. The molecule has 9 nitrogen and oxygen atoms in total. The molecule has 0 atom stereocenters. The zero-order valence-electron chi connectivity index (χ0n) is 18.9. The third-order valence-electron chi connectivity index (χ3n) is 6.01. The lowest BCUT2D eigenvalue weighted by atomic mass is 10.2. The van der Waals surface area contributed by atoms with Gasteiger partial charge >= 0.3 is 0 Å². The molecule has 11 heteroatoms. The zero-order chi connectivity index (χ0) is 24.7. The highest BCUT2D eigenvalue weighted by Crippen LogP contribution is 2.56. The maximum atomic E-state index is 15.2. The molecule has 3 aromatic rings. The van der Waals surface area contributed by atoms with Crippen LogP contribution in [0.5, 0.6) is 0 Å². The van der Waals surface area contributed by atoms with Gasteiger partial charge in [0, 0.05) is 30.7 Å². The molecular weight excluding hydrogens is 456 g/mol. The number of aromatic amines is 1. The van der Waals surface area contributed by atoms with Gasteiger partial charge in [-0.15, -0.1) is 0 Å². The van der Waals surface area contributed by atoms with Crippen LogP contribution in [0.3, 0.4) is 0 Å². The largest absolute Gasteiger partial charge is 0.322 e. The molecule has 1 saturated carbocycles. The van der Waals surface area contributed by atoms with Gasteiger partial charge in [0.1, 0.15) is 16.9 Å². The van der Waals surface area contributed by atoms with Crippen molar-refractivity contribution in [3.8, 4) is 11.4 Å². The molecule has 0 unspecified atom stereocenters. The molecule has 1 spiro atoms. The number of nitrogens with zero attached hydrogens (tertiary/aromatic N) is 5. The number of amides is 2. The molecule has 0 saturated heterocycles. The molecule has 2 aromatic heterocycles. The molecule has 1 aromatic carbocycles. The third kappa shape index (κ3) is 3.65. The normalized spacial score (nSPS) is 16.6. The first-order chi connectivity index (χ1) is 16.9. The van der Waals surface area contributed by atoms with Crippen molar-refractivity contribution in [2.24, 2.45) is 4.99 Å². The van der Waals surface area contributed by atoms with E-state index < -0.39 is 34.7 Å². The lowest BCUT2D eigenvalue weighted by molar-refractivity contribution is -0.120. The summed E-state index contributed by atoms with van der Waals surface area (Å²) in [6.07, 6.45) is 10.6. The third-order valence-corrected chi connectivity index (χ3v) is 6.01. The number of H-pyrrole nitrogens is 1.